The molecule has 18 heavy (non-hydrogen) atoms. The average molecular weight is 308 g/mol. The summed E-state index contributed by atoms with van der Waals surface area (Å²) in [7, 11) is 0. The lowest BCUT2D eigenvalue weighted by atomic mass is 9.98. The molecule has 0 aliphatic heterocycles. The first-order chi connectivity index (χ1) is 8.83. The van der Waals surface area contributed by atoms with Gasteiger partial charge in [0.25, 0.3) is 0 Å². The number of aromatic nitrogens is 3. The summed E-state index contributed by atoms with van der Waals surface area (Å²) < 4.78 is 1.97. The monoisotopic (exact) mass is 307 g/mol. The van der Waals surface area contributed by atoms with E-state index in [2.05, 4.69) is 63.3 Å². The van der Waals surface area contributed by atoms with E-state index in [1.165, 1.54) is 5.56 Å². The molecule has 0 bridgehead atoms. The van der Waals surface area contributed by atoms with Crippen LogP contribution < -0.4 is 0 Å². The standard InChI is InChI=1S/C14H18BrN3/c1-2-18-14(16-11-17-18)9-13(10-15)8-12-6-4-3-5-7-12/h3-7,11,13H,2,8-10H2,1H3. The Labute approximate surface area is 116 Å². The smallest absolute Gasteiger partial charge is 0.138 e. The molecule has 1 atom stereocenters. The Morgan fingerprint density at radius 1 is 1.22 bits per heavy atom. The van der Waals surface area contributed by atoms with Crippen LogP contribution in [-0.2, 0) is 19.4 Å². The molecule has 2 rings (SSSR count). The molecule has 3 nitrogen and oxygen atoms in total. The van der Waals surface area contributed by atoms with Gasteiger partial charge in [-0.25, -0.2) is 4.98 Å². The first-order valence-electron chi connectivity index (χ1n) is 6.30. The lowest BCUT2D eigenvalue weighted by Crippen LogP contribution is -2.14. The minimum Gasteiger partial charge on any atom is -0.250 e. The molecular formula is C14H18BrN3. The zero-order valence-electron chi connectivity index (χ0n) is 10.6. The zero-order valence-corrected chi connectivity index (χ0v) is 12.2. The van der Waals surface area contributed by atoms with Crippen molar-refractivity contribution >= 4 is 15.9 Å². The number of hydrogen-bond acceptors (Lipinski definition) is 2. The Morgan fingerprint density at radius 2 is 2.00 bits per heavy atom. The van der Waals surface area contributed by atoms with Crippen LogP contribution in [0.5, 0.6) is 0 Å². The normalized spacial score (nSPS) is 12.6. The van der Waals surface area contributed by atoms with Crippen LogP contribution in [0.25, 0.3) is 0 Å². The Balaban J connectivity index is 2.02. The average Bonchev–Trinajstić information content (AvgIpc) is 2.86. The van der Waals surface area contributed by atoms with E-state index < -0.39 is 0 Å². The highest BCUT2D eigenvalue weighted by molar-refractivity contribution is 9.09. The molecule has 1 aromatic heterocycles. The fraction of sp³-hybridized carbons (Fsp3) is 0.429. The Hall–Kier alpha value is -1.16. The maximum absolute atomic E-state index is 4.35. The van der Waals surface area contributed by atoms with Crippen LogP contribution >= 0.6 is 15.9 Å². The van der Waals surface area contributed by atoms with Crippen molar-refractivity contribution in [2.45, 2.75) is 26.3 Å². The SMILES string of the molecule is CCn1ncnc1CC(CBr)Cc1ccccc1. The third kappa shape index (κ3) is 3.42. The van der Waals surface area contributed by atoms with Gasteiger partial charge in [-0.05, 0) is 24.8 Å². The van der Waals surface area contributed by atoms with Gasteiger partial charge in [-0.2, -0.15) is 5.10 Å². The first kappa shape index (κ1) is 13.3. The van der Waals surface area contributed by atoms with Crippen LogP contribution in [0.1, 0.15) is 18.3 Å². The van der Waals surface area contributed by atoms with Crippen LogP contribution in [0.3, 0.4) is 0 Å². The molecule has 1 unspecified atom stereocenters. The maximum Gasteiger partial charge on any atom is 0.138 e. The van der Waals surface area contributed by atoms with E-state index in [-0.39, 0.29) is 0 Å². The molecule has 0 saturated heterocycles. The molecule has 0 aliphatic carbocycles. The van der Waals surface area contributed by atoms with Crippen molar-refractivity contribution < 1.29 is 0 Å². The quantitative estimate of drug-likeness (QED) is 0.768. The molecule has 0 N–H and O–H groups in total. The van der Waals surface area contributed by atoms with Crippen LogP contribution in [0, 0.1) is 5.92 Å². The van der Waals surface area contributed by atoms with Crippen molar-refractivity contribution in [3.8, 4) is 0 Å². The first-order valence-corrected chi connectivity index (χ1v) is 7.42. The molecule has 0 spiro atoms. The Morgan fingerprint density at radius 3 is 2.67 bits per heavy atom. The molecule has 0 aliphatic rings. The third-order valence-electron chi connectivity index (χ3n) is 3.05. The lowest BCUT2D eigenvalue weighted by molar-refractivity contribution is 0.528. The van der Waals surface area contributed by atoms with Gasteiger partial charge in [0.15, 0.2) is 0 Å². The summed E-state index contributed by atoms with van der Waals surface area (Å²) in [5.41, 5.74) is 1.38. The van der Waals surface area contributed by atoms with Crippen molar-refractivity contribution in [2.24, 2.45) is 5.92 Å². The van der Waals surface area contributed by atoms with E-state index in [1.54, 1.807) is 6.33 Å². The number of halogens is 1. The Bertz CT molecular complexity index is 467. The number of hydrogen-bond donors (Lipinski definition) is 0. The fourth-order valence-electron chi connectivity index (χ4n) is 2.10. The highest BCUT2D eigenvalue weighted by atomic mass is 79.9. The summed E-state index contributed by atoms with van der Waals surface area (Å²) in [5.74, 6) is 1.64. The van der Waals surface area contributed by atoms with Gasteiger partial charge in [-0.1, -0.05) is 46.3 Å². The van der Waals surface area contributed by atoms with Crippen molar-refractivity contribution in [3.05, 3.63) is 48.0 Å². The summed E-state index contributed by atoms with van der Waals surface area (Å²) in [6.45, 7) is 2.98. The van der Waals surface area contributed by atoms with Gasteiger partial charge in [0.2, 0.25) is 0 Å². The molecule has 0 saturated carbocycles. The van der Waals surface area contributed by atoms with Crippen LogP contribution in [-0.4, -0.2) is 20.1 Å². The predicted octanol–water partition coefficient (Wildman–Crippen LogP) is 3.09. The highest BCUT2D eigenvalue weighted by Gasteiger charge is 2.13. The van der Waals surface area contributed by atoms with E-state index in [0.717, 1.165) is 30.5 Å². The molecule has 2 aromatic rings. The minimum absolute atomic E-state index is 0.557. The second-order valence-corrected chi connectivity index (χ2v) is 5.05. The van der Waals surface area contributed by atoms with Crippen molar-refractivity contribution in [2.75, 3.05) is 5.33 Å². The summed E-state index contributed by atoms with van der Waals surface area (Å²) in [6, 6.07) is 10.6. The van der Waals surface area contributed by atoms with Gasteiger partial charge >= 0.3 is 0 Å². The van der Waals surface area contributed by atoms with Crippen LogP contribution in [0.4, 0.5) is 0 Å². The zero-order chi connectivity index (χ0) is 12.8. The number of alkyl halides is 1. The number of aryl methyl sites for hydroxylation is 1. The molecule has 0 fully saturated rings. The molecule has 4 heteroatoms. The second kappa shape index (κ2) is 6.69. The molecule has 1 aromatic carbocycles. The van der Waals surface area contributed by atoms with E-state index in [0.29, 0.717) is 5.92 Å². The van der Waals surface area contributed by atoms with Crippen molar-refractivity contribution in [3.63, 3.8) is 0 Å². The van der Waals surface area contributed by atoms with Gasteiger partial charge in [0.1, 0.15) is 12.2 Å². The fourth-order valence-corrected chi connectivity index (χ4v) is 2.56. The van der Waals surface area contributed by atoms with E-state index >= 15 is 0 Å². The number of nitrogens with zero attached hydrogens (tertiary/aromatic N) is 3. The van der Waals surface area contributed by atoms with Crippen molar-refractivity contribution in [1.29, 1.82) is 0 Å². The van der Waals surface area contributed by atoms with Gasteiger partial charge in [0, 0.05) is 18.3 Å². The van der Waals surface area contributed by atoms with Crippen LogP contribution in [0.15, 0.2) is 36.7 Å². The Kier molecular flexibility index (Phi) is 4.93. The molecular weight excluding hydrogens is 290 g/mol. The predicted molar refractivity (Wildman–Crippen MR) is 76.8 cm³/mol. The molecule has 0 amide bonds. The summed E-state index contributed by atoms with van der Waals surface area (Å²) in [6.07, 6.45) is 3.68. The van der Waals surface area contributed by atoms with Gasteiger partial charge in [-0.3, -0.25) is 4.68 Å². The van der Waals surface area contributed by atoms with Crippen LogP contribution in [0.2, 0.25) is 0 Å². The van der Waals surface area contributed by atoms with E-state index in [1.807, 2.05) is 4.68 Å². The molecule has 96 valence electrons. The van der Waals surface area contributed by atoms with E-state index in [9.17, 15) is 0 Å². The maximum atomic E-state index is 4.35. The highest BCUT2D eigenvalue weighted by Crippen LogP contribution is 2.15. The van der Waals surface area contributed by atoms with Gasteiger partial charge < -0.3 is 0 Å². The third-order valence-corrected chi connectivity index (χ3v) is 3.97. The van der Waals surface area contributed by atoms with Gasteiger partial charge in [-0.15, -0.1) is 0 Å². The number of rotatable bonds is 6. The summed E-state index contributed by atoms with van der Waals surface area (Å²) in [5, 5.41) is 5.20. The van der Waals surface area contributed by atoms with Gasteiger partial charge in [0.05, 0.1) is 0 Å². The second-order valence-electron chi connectivity index (χ2n) is 4.41. The number of benzene rings is 1. The summed E-state index contributed by atoms with van der Waals surface area (Å²) >= 11 is 3.61. The molecule has 1 heterocycles. The van der Waals surface area contributed by atoms with Crippen molar-refractivity contribution in [1.82, 2.24) is 14.8 Å². The topological polar surface area (TPSA) is 30.7 Å². The largest absolute Gasteiger partial charge is 0.250 e. The molecule has 0 radical (unpaired) electrons. The summed E-state index contributed by atoms with van der Waals surface area (Å²) in [4.78, 5) is 4.35. The van der Waals surface area contributed by atoms with E-state index in [4.69, 9.17) is 0 Å². The lowest BCUT2D eigenvalue weighted by Gasteiger charge is -2.14. The minimum atomic E-state index is 0.557.